The zero-order valence-corrected chi connectivity index (χ0v) is 11.2. The normalized spacial score (nSPS) is 17.4. The van der Waals surface area contributed by atoms with Crippen molar-refractivity contribution in [3.05, 3.63) is 35.5 Å². The summed E-state index contributed by atoms with van der Waals surface area (Å²) in [6.45, 7) is 0. The van der Waals surface area contributed by atoms with Gasteiger partial charge in [-0.3, -0.25) is 9.10 Å². The van der Waals surface area contributed by atoms with Crippen molar-refractivity contribution in [3.8, 4) is 0 Å². The topological polar surface area (TPSA) is 63.7 Å². The lowest BCUT2D eigenvalue weighted by Gasteiger charge is -2.28. The number of carbonyl (C=O) groups excluding carboxylic acids is 1. The van der Waals surface area contributed by atoms with Crippen molar-refractivity contribution < 1.29 is 17.9 Å². The molecule has 0 unspecified atom stereocenters. The fourth-order valence-electron chi connectivity index (χ4n) is 1.84. The third kappa shape index (κ3) is 1.69. The van der Waals surface area contributed by atoms with Crippen LogP contribution < -0.4 is 0 Å². The van der Waals surface area contributed by atoms with Crippen LogP contribution in [0.5, 0.6) is 0 Å². The lowest BCUT2D eigenvalue weighted by Crippen LogP contribution is -2.34. The first-order valence-corrected chi connectivity index (χ1v) is 6.79. The maximum atomic E-state index is 12.2. The summed E-state index contributed by atoms with van der Waals surface area (Å²) in [4.78, 5) is 11.5. The Balaban J connectivity index is 2.88. The lowest BCUT2D eigenvalue weighted by molar-refractivity contribution is -0.109. The fourth-order valence-corrected chi connectivity index (χ4v) is 3.49. The first-order valence-electron chi connectivity index (χ1n) is 4.97. The number of sulfonamides is 1. The molecule has 5 nitrogen and oxygen atoms in total. The third-order valence-corrected chi connectivity index (χ3v) is 4.68. The molecule has 0 atom stereocenters. The Hall–Kier alpha value is -1.53. The predicted molar refractivity (Wildman–Crippen MR) is 66.2 cm³/mol. The van der Waals surface area contributed by atoms with Crippen molar-refractivity contribution in [2.24, 2.45) is 0 Å². The zero-order chi connectivity index (χ0) is 13.5. The number of nitrogens with zero attached hydrogens (tertiary/aromatic N) is 1. The van der Waals surface area contributed by atoms with Crippen molar-refractivity contribution >= 4 is 32.6 Å². The molecule has 0 saturated heterocycles. The van der Waals surface area contributed by atoms with Crippen molar-refractivity contribution in [1.82, 2.24) is 4.31 Å². The minimum Gasteiger partial charge on any atom is -0.494 e. The zero-order valence-electron chi connectivity index (χ0n) is 9.68. The Morgan fingerprint density at radius 3 is 2.50 bits per heavy atom. The molecule has 0 bridgehead atoms. The molecule has 0 aliphatic carbocycles. The van der Waals surface area contributed by atoms with E-state index in [4.69, 9.17) is 16.3 Å². The standard InChI is InChI=1S/C11H10ClNO4S/c1-13-9(11(12)14)10(17-2)7-5-3-4-6-8(7)18(13,15)16/h3-6H,1-2H3. The van der Waals surface area contributed by atoms with E-state index in [0.29, 0.717) is 5.56 Å². The molecule has 18 heavy (non-hydrogen) atoms. The summed E-state index contributed by atoms with van der Waals surface area (Å²) in [7, 11) is -1.15. The summed E-state index contributed by atoms with van der Waals surface area (Å²) >= 11 is 5.44. The van der Waals surface area contributed by atoms with Crippen LogP contribution in [0.25, 0.3) is 5.76 Å². The second kappa shape index (κ2) is 4.29. The predicted octanol–water partition coefficient (Wildman–Crippen LogP) is 1.40. The number of ether oxygens (including phenoxy) is 1. The van der Waals surface area contributed by atoms with Gasteiger partial charge in [0.2, 0.25) is 0 Å². The summed E-state index contributed by atoms with van der Waals surface area (Å²) in [5.74, 6) is 0.155. The molecule has 1 aromatic carbocycles. The van der Waals surface area contributed by atoms with Gasteiger partial charge in [0.15, 0.2) is 11.5 Å². The minimum absolute atomic E-state index is 0.0889. The van der Waals surface area contributed by atoms with Crippen LogP contribution in [0.2, 0.25) is 0 Å². The molecule has 0 N–H and O–H groups in total. The average Bonchev–Trinajstić information content (AvgIpc) is 2.33. The van der Waals surface area contributed by atoms with Crippen LogP contribution in [0, 0.1) is 0 Å². The first kappa shape index (κ1) is 12.9. The van der Waals surface area contributed by atoms with Crippen LogP contribution in [0.3, 0.4) is 0 Å². The van der Waals surface area contributed by atoms with Gasteiger partial charge >= 0.3 is 0 Å². The third-order valence-electron chi connectivity index (χ3n) is 2.69. The van der Waals surface area contributed by atoms with Crippen LogP contribution in [0.15, 0.2) is 34.9 Å². The largest absolute Gasteiger partial charge is 0.494 e. The van der Waals surface area contributed by atoms with E-state index in [1.165, 1.54) is 20.2 Å². The van der Waals surface area contributed by atoms with Gasteiger partial charge in [0, 0.05) is 12.6 Å². The molecule has 1 aromatic rings. The van der Waals surface area contributed by atoms with Crippen molar-refractivity contribution in [2.45, 2.75) is 4.90 Å². The van der Waals surface area contributed by atoms with E-state index >= 15 is 0 Å². The van der Waals surface area contributed by atoms with E-state index in [9.17, 15) is 13.2 Å². The van der Waals surface area contributed by atoms with Crippen LogP contribution >= 0.6 is 11.6 Å². The Morgan fingerprint density at radius 2 is 1.94 bits per heavy atom. The smallest absolute Gasteiger partial charge is 0.273 e. The number of fused-ring (bicyclic) bond motifs is 1. The maximum absolute atomic E-state index is 12.2. The molecule has 0 fully saturated rings. The van der Waals surface area contributed by atoms with E-state index in [1.807, 2.05) is 0 Å². The van der Waals surface area contributed by atoms with E-state index in [0.717, 1.165) is 4.31 Å². The second-order valence-electron chi connectivity index (χ2n) is 3.62. The van der Waals surface area contributed by atoms with Gasteiger partial charge in [-0.05, 0) is 23.7 Å². The molecule has 1 aliphatic heterocycles. The number of methoxy groups -OCH3 is 1. The average molecular weight is 288 g/mol. The highest BCUT2D eigenvalue weighted by molar-refractivity contribution is 7.89. The van der Waals surface area contributed by atoms with Gasteiger partial charge in [0.05, 0.1) is 12.0 Å². The van der Waals surface area contributed by atoms with Crippen molar-refractivity contribution in [3.63, 3.8) is 0 Å². The number of benzene rings is 1. The summed E-state index contributed by atoms with van der Waals surface area (Å²) < 4.78 is 30.4. The van der Waals surface area contributed by atoms with E-state index in [2.05, 4.69) is 0 Å². The Kier molecular flexibility index (Phi) is 3.08. The summed E-state index contributed by atoms with van der Waals surface area (Å²) in [5, 5.41) is -0.882. The molecule has 1 aliphatic rings. The minimum atomic E-state index is -3.77. The van der Waals surface area contributed by atoms with E-state index in [-0.39, 0.29) is 16.4 Å². The first-order chi connectivity index (χ1) is 8.41. The van der Waals surface area contributed by atoms with E-state index in [1.54, 1.807) is 18.2 Å². The lowest BCUT2D eigenvalue weighted by atomic mass is 10.1. The van der Waals surface area contributed by atoms with Crippen LogP contribution in [0.4, 0.5) is 0 Å². The van der Waals surface area contributed by atoms with Gasteiger partial charge < -0.3 is 4.74 Å². The number of hydrogen-bond donors (Lipinski definition) is 0. The Labute approximate surface area is 110 Å². The molecule has 0 aromatic heterocycles. The Morgan fingerprint density at radius 1 is 1.33 bits per heavy atom. The van der Waals surface area contributed by atoms with Gasteiger partial charge in [0.25, 0.3) is 15.3 Å². The Bertz CT molecular complexity index is 651. The number of carbonyl (C=O) groups is 1. The molecule has 2 rings (SSSR count). The van der Waals surface area contributed by atoms with Gasteiger partial charge in [-0.15, -0.1) is 0 Å². The molecular weight excluding hydrogens is 278 g/mol. The molecule has 1 heterocycles. The maximum Gasteiger partial charge on any atom is 0.273 e. The highest BCUT2D eigenvalue weighted by Gasteiger charge is 2.37. The summed E-state index contributed by atoms with van der Waals surface area (Å²) in [5.41, 5.74) is 0.153. The van der Waals surface area contributed by atoms with Crippen molar-refractivity contribution in [1.29, 1.82) is 0 Å². The molecular formula is C11H10ClNO4S. The molecule has 0 radical (unpaired) electrons. The van der Waals surface area contributed by atoms with Crippen LogP contribution in [0.1, 0.15) is 5.56 Å². The highest BCUT2D eigenvalue weighted by atomic mass is 35.5. The number of rotatable bonds is 2. The summed E-state index contributed by atoms with van der Waals surface area (Å²) in [6.07, 6.45) is 0. The number of hydrogen-bond acceptors (Lipinski definition) is 4. The quantitative estimate of drug-likeness (QED) is 0.771. The molecule has 96 valence electrons. The number of halogens is 1. The molecule has 7 heteroatoms. The number of likely N-dealkylation sites (N-methyl/N-ethyl adjacent to an activating group) is 1. The second-order valence-corrected chi connectivity index (χ2v) is 5.91. The monoisotopic (exact) mass is 287 g/mol. The highest BCUT2D eigenvalue weighted by Crippen LogP contribution is 2.36. The van der Waals surface area contributed by atoms with Gasteiger partial charge in [-0.1, -0.05) is 12.1 Å². The van der Waals surface area contributed by atoms with Gasteiger partial charge in [-0.25, -0.2) is 8.42 Å². The van der Waals surface area contributed by atoms with Gasteiger partial charge in [-0.2, -0.15) is 0 Å². The van der Waals surface area contributed by atoms with Crippen molar-refractivity contribution in [2.75, 3.05) is 14.2 Å². The fraction of sp³-hybridized carbons (Fsp3) is 0.182. The number of allylic oxidation sites excluding steroid dienone is 1. The molecule has 0 saturated carbocycles. The van der Waals surface area contributed by atoms with Crippen LogP contribution in [-0.4, -0.2) is 32.1 Å². The SMILES string of the molecule is COC1=C(C(=O)Cl)N(C)S(=O)(=O)c2ccccc21. The molecule has 0 amide bonds. The summed E-state index contributed by atoms with van der Waals surface area (Å²) in [6, 6.07) is 6.29. The van der Waals surface area contributed by atoms with Crippen LogP contribution in [-0.2, 0) is 19.6 Å². The van der Waals surface area contributed by atoms with Gasteiger partial charge in [0.1, 0.15) is 0 Å². The molecule has 0 spiro atoms. The van der Waals surface area contributed by atoms with E-state index < -0.39 is 15.3 Å².